The molecule has 0 unspecified atom stereocenters. The predicted molar refractivity (Wildman–Crippen MR) is 204 cm³/mol. The third-order valence-corrected chi connectivity index (χ3v) is 10.2. The van der Waals surface area contributed by atoms with Crippen LogP contribution in [0.15, 0.2) is 115 Å². The van der Waals surface area contributed by atoms with Gasteiger partial charge in [-0.3, -0.25) is 0 Å². The summed E-state index contributed by atoms with van der Waals surface area (Å²) in [4.78, 5) is 0. The molecule has 6 nitrogen and oxygen atoms in total. The first-order chi connectivity index (χ1) is 25.2. The summed E-state index contributed by atoms with van der Waals surface area (Å²) in [6.07, 6.45) is 17.2. The maximum absolute atomic E-state index is 10.4. The largest absolute Gasteiger partial charge is 0.380 e. The second-order valence-corrected chi connectivity index (χ2v) is 13.0. The molecule has 1 aliphatic heterocycles. The first-order valence-electron chi connectivity index (χ1n) is 17.1. The van der Waals surface area contributed by atoms with Crippen LogP contribution in [0.4, 0.5) is 5.69 Å². The summed E-state index contributed by atoms with van der Waals surface area (Å²) < 4.78 is 4.54. The van der Waals surface area contributed by atoms with E-state index in [1.807, 2.05) is 48.6 Å². The topological polar surface area (TPSA) is 93.3 Å². The molecule has 0 fully saturated rings. The Balaban J connectivity index is 1.20. The fourth-order valence-corrected chi connectivity index (χ4v) is 7.90. The smallest absolute Gasteiger partial charge is 0.0998 e. The lowest BCUT2D eigenvalue weighted by molar-refractivity contribution is 0.957. The molecule has 0 bridgehead atoms. The molecule has 9 rings (SSSR count). The molecule has 0 radical (unpaired) electrons. The van der Waals surface area contributed by atoms with E-state index in [1.165, 1.54) is 11.3 Å². The predicted octanol–water partition coefficient (Wildman–Crippen LogP) is 9.92. The van der Waals surface area contributed by atoms with E-state index in [-0.39, 0.29) is 0 Å². The van der Waals surface area contributed by atoms with Gasteiger partial charge in [-0.2, -0.15) is 15.8 Å². The Hall–Kier alpha value is -7.07. The molecule has 0 atom stereocenters. The molecule has 240 valence electrons. The number of hydrogen-bond donors (Lipinski definition) is 1. The molecular weight excluding hydrogens is 625 g/mol. The van der Waals surface area contributed by atoms with E-state index >= 15 is 0 Å². The van der Waals surface area contributed by atoms with Crippen LogP contribution >= 0.6 is 0 Å². The van der Waals surface area contributed by atoms with Gasteiger partial charge in [0.1, 0.15) is 0 Å². The number of nitrogens with one attached hydrogen (secondary N) is 1. The molecule has 51 heavy (non-hydrogen) atoms. The summed E-state index contributed by atoms with van der Waals surface area (Å²) in [5, 5.41) is 34.4. The Labute approximate surface area is 296 Å². The zero-order valence-corrected chi connectivity index (χ0v) is 27.7. The number of hydrogen-bond acceptors (Lipinski definition) is 4. The summed E-state index contributed by atoms with van der Waals surface area (Å²) in [6, 6.07) is 35.8. The van der Waals surface area contributed by atoms with Crippen LogP contribution in [0.3, 0.4) is 0 Å². The minimum Gasteiger partial charge on any atom is -0.380 e. The quantitative estimate of drug-likeness (QED) is 0.205. The van der Waals surface area contributed by atoms with Gasteiger partial charge in [0, 0.05) is 34.3 Å². The fourth-order valence-electron chi connectivity index (χ4n) is 7.90. The molecular formula is C45H30N6. The second-order valence-electron chi connectivity index (χ2n) is 13.0. The number of fused-ring (bicyclic) bond motifs is 6. The van der Waals surface area contributed by atoms with Crippen molar-refractivity contribution < 1.29 is 0 Å². The summed E-state index contributed by atoms with van der Waals surface area (Å²) >= 11 is 0. The SMILES string of the molecule is N#CC1=CCc2c(n(-c3cccc(-c4cccc(-c5c(C#N)cccc5-n5c6c(c7c5C=CCN7)CCC=C6)c4)c3)c3ccc(C#N)cc23)C=C1. The van der Waals surface area contributed by atoms with Gasteiger partial charge in [-0.25, -0.2) is 0 Å². The molecule has 2 aromatic heterocycles. The first kappa shape index (κ1) is 30.0. The van der Waals surface area contributed by atoms with Gasteiger partial charge in [0.05, 0.1) is 63.3 Å². The van der Waals surface area contributed by atoms with E-state index in [2.05, 4.69) is 112 Å². The Kier molecular flexibility index (Phi) is 7.13. The van der Waals surface area contributed by atoms with E-state index in [4.69, 9.17) is 0 Å². The number of aromatic nitrogens is 2. The molecule has 6 heteroatoms. The second kappa shape index (κ2) is 12.1. The average molecular weight is 655 g/mol. The van der Waals surface area contributed by atoms with Crippen molar-refractivity contribution in [1.82, 2.24) is 9.13 Å². The minimum atomic E-state index is 0.599. The highest BCUT2D eigenvalue weighted by molar-refractivity contribution is 5.93. The van der Waals surface area contributed by atoms with Gasteiger partial charge in [0.2, 0.25) is 0 Å². The Morgan fingerprint density at radius 1 is 0.647 bits per heavy atom. The van der Waals surface area contributed by atoms with Crippen molar-refractivity contribution in [1.29, 1.82) is 15.8 Å². The number of nitrogens with zero attached hydrogens (tertiary/aromatic N) is 5. The van der Waals surface area contributed by atoms with Crippen molar-refractivity contribution in [2.75, 3.05) is 11.9 Å². The Morgan fingerprint density at radius 2 is 1.45 bits per heavy atom. The lowest BCUT2D eigenvalue weighted by Crippen LogP contribution is -2.07. The number of nitriles is 3. The standard InChI is InChI=1S/C45H30N6/c46-26-29-16-19-36-38-23-30(27-47)18-21-41(38)50(40(36)20-17-29)35-11-4-8-32(25-35)31-7-3-9-33(24-31)44-34(28-48)10-5-14-42(44)51-39-13-2-1-12-37(39)45-43(51)15-6-22-49-45/h2-11,13-18,20-21,23-25,49H,1,12,19,22H2. The van der Waals surface area contributed by atoms with Crippen LogP contribution in [0.5, 0.6) is 0 Å². The van der Waals surface area contributed by atoms with Crippen molar-refractivity contribution in [2.45, 2.75) is 19.3 Å². The highest BCUT2D eigenvalue weighted by Gasteiger charge is 2.26. The van der Waals surface area contributed by atoms with Gasteiger partial charge in [-0.1, -0.05) is 54.6 Å². The molecule has 0 amide bonds. The summed E-state index contributed by atoms with van der Waals surface area (Å²) in [6.45, 7) is 0.802. The molecule has 3 aliphatic rings. The maximum Gasteiger partial charge on any atom is 0.0998 e. The fraction of sp³-hybridized carbons (Fsp3) is 0.0889. The van der Waals surface area contributed by atoms with Crippen molar-refractivity contribution in [2.24, 2.45) is 0 Å². The monoisotopic (exact) mass is 654 g/mol. The van der Waals surface area contributed by atoms with Gasteiger partial charge in [0.15, 0.2) is 0 Å². The minimum absolute atomic E-state index is 0.599. The molecule has 4 aromatic carbocycles. The zero-order chi connectivity index (χ0) is 34.5. The summed E-state index contributed by atoms with van der Waals surface area (Å²) in [7, 11) is 0. The van der Waals surface area contributed by atoms with E-state index in [0.717, 1.165) is 86.6 Å². The van der Waals surface area contributed by atoms with Crippen LogP contribution in [-0.2, 0) is 12.8 Å². The normalized spacial score (nSPS) is 13.9. The highest BCUT2D eigenvalue weighted by Crippen LogP contribution is 2.42. The number of allylic oxidation sites excluding steroid dienone is 4. The van der Waals surface area contributed by atoms with Crippen LogP contribution in [0.25, 0.3) is 62.8 Å². The van der Waals surface area contributed by atoms with Crippen LogP contribution in [0.1, 0.15) is 45.8 Å². The first-order valence-corrected chi connectivity index (χ1v) is 17.1. The van der Waals surface area contributed by atoms with E-state index < -0.39 is 0 Å². The molecule has 0 saturated carbocycles. The van der Waals surface area contributed by atoms with E-state index in [9.17, 15) is 15.8 Å². The molecule has 0 saturated heterocycles. The van der Waals surface area contributed by atoms with E-state index in [1.54, 1.807) is 0 Å². The van der Waals surface area contributed by atoms with Crippen LogP contribution in [0, 0.1) is 34.0 Å². The highest BCUT2D eigenvalue weighted by atomic mass is 15.1. The van der Waals surface area contributed by atoms with Crippen LogP contribution < -0.4 is 5.32 Å². The van der Waals surface area contributed by atoms with Crippen molar-refractivity contribution in [3.8, 4) is 51.8 Å². The van der Waals surface area contributed by atoms with E-state index in [0.29, 0.717) is 23.1 Å². The Morgan fingerprint density at radius 3 is 2.31 bits per heavy atom. The average Bonchev–Trinajstić information content (AvgIpc) is 3.59. The molecule has 1 N–H and O–H groups in total. The lowest BCUT2D eigenvalue weighted by Gasteiger charge is -2.19. The maximum atomic E-state index is 10.4. The van der Waals surface area contributed by atoms with Gasteiger partial charge >= 0.3 is 0 Å². The molecule has 2 aliphatic carbocycles. The van der Waals surface area contributed by atoms with Gasteiger partial charge < -0.3 is 14.5 Å². The van der Waals surface area contributed by atoms with Crippen molar-refractivity contribution in [3.05, 3.63) is 154 Å². The van der Waals surface area contributed by atoms with Gasteiger partial charge in [-0.15, -0.1) is 0 Å². The van der Waals surface area contributed by atoms with Crippen LogP contribution in [0.2, 0.25) is 0 Å². The number of rotatable bonds is 4. The molecule has 3 heterocycles. The van der Waals surface area contributed by atoms with Crippen molar-refractivity contribution in [3.63, 3.8) is 0 Å². The van der Waals surface area contributed by atoms with Crippen LogP contribution in [-0.4, -0.2) is 15.7 Å². The third kappa shape index (κ3) is 4.84. The lowest BCUT2D eigenvalue weighted by atomic mass is 9.94. The zero-order valence-electron chi connectivity index (χ0n) is 27.7. The third-order valence-electron chi connectivity index (χ3n) is 10.2. The van der Waals surface area contributed by atoms with Crippen molar-refractivity contribution >= 4 is 34.8 Å². The summed E-state index contributed by atoms with van der Waals surface area (Å²) in [5.74, 6) is 0. The number of benzene rings is 4. The molecule has 0 spiro atoms. The molecule has 6 aromatic rings. The van der Waals surface area contributed by atoms with Gasteiger partial charge in [0.25, 0.3) is 0 Å². The Bertz CT molecular complexity index is 2660. The van der Waals surface area contributed by atoms with Gasteiger partial charge in [-0.05, 0) is 114 Å². The summed E-state index contributed by atoms with van der Waals surface area (Å²) in [5.41, 5.74) is 15.6. The number of anilines is 1.